The highest BCUT2D eigenvalue weighted by Gasteiger charge is 2.12. The molecule has 0 aromatic heterocycles. The summed E-state index contributed by atoms with van der Waals surface area (Å²) in [6, 6.07) is 8.53. The van der Waals surface area contributed by atoms with Crippen LogP contribution in [-0.4, -0.2) is 46.4 Å². The monoisotopic (exact) mass is 346 g/mol. The topological polar surface area (TPSA) is 48.9 Å². The Hall–Kier alpha value is -1.75. The second-order valence-corrected chi connectivity index (χ2v) is 6.90. The number of ether oxygens (including phenoxy) is 1. The van der Waals surface area contributed by atoms with Gasteiger partial charge < -0.3 is 20.3 Å². The van der Waals surface area contributed by atoms with Crippen LogP contribution in [0.3, 0.4) is 0 Å². The van der Waals surface area contributed by atoms with Crippen LogP contribution in [-0.2, 0) is 11.3 Å². The molecule has 5 heteroatoms. The highest BCUT2D eigenvalue weighted by atomic mass is 16.5. The Balaban J connectivity index is 1.62. The molecule has 140 valence electrons. The van der Waals surface area contributed by atoms with Crippen LogP contribution in [0.4, 0.5) is 5.69 Å². The number of hydrogen-bond acceptors (Lipinski definition) is 3. The Labute approximate surface area is 152 Å². The molecule has 1 saturated carbocycles. The van der Waals surface area contributed by atoms with Gasteiger partial charge in [0.2, 0.25) is 0 Å². The quantitative estimate of drug-likeness (QED) is 0.431. The number of rotatable bonds is 8. The summed E-state index contributed by atoms with van der Waals surface area (Å²) in [6.07, 6.45) is 8.01. The van der Waals surface area contributed by atoms with E-state index < -0.39 is 0 Å². The van der Waals surface area contributed by atoms with E-state index in [2.05, 4.69) is 58.9 Å². The summed E-state index contributed by atoms with van der Waals surface area (Å²) in [7, 11) is 5.93. The van der Waals surface area contributed by atoms with E-state index >= 15 is 0 Å². The van der Waals surface area contributed by atoms with Crippen LogP contribution in [0, 0.1) is 0 Å². The van der Waals surface area contributed by atoms with Gasteiger partial charge in [-0.3, -0.25) is 4.99 Å². The van der Waals surface area contributed by atoms with E-state index in [9.17, 15) is 0 Å². The first-order valence-corrected chi connectivity index (χ1v) is 9.51. The van der Waals surface area contributed by atoms with Crippen LogP contribution < -0.4 is 15.5 Å². The Morgan fingerprint density at radius 1 is 1.20 bits per heavy atom. The molecular formula is C20H34N4O. The number of aliphatic imine (C=N–C) groups is 1. The molecule has 1 aromatic rings. The summed E-state index contributed by atoms with van der Waals surface area (Å²) in [6.45, 7) is 2.48. The molecule has 0 saturated heterocycles. The first-order valence-electron chi connectivity index (χ1n) is 9.51. The van der Waals surface area contributed by atoms with Gasteiger partial charge in [0, 0.05) is 46.5 Å². The summed E-state index contributed by atoms with van der Waals surface area (Å²) < 4.78 is 5.96. The Morgan fingerprint density at radius 3 is 2.72 bits per heavy atom. The molecule has 1 aliphatic rings. The van der Waals surface area contributed by atoms with E-state index in [1.807, 2.05) is 7.05 Å². The fraction of sp³-hybridized carbons (Fsp3) is 0.650. The third-order valence-corrected chi connectivity index (χ3v) is 4.63. The molecule has 0 atom stereocenters. The number of benzene rings is 1. The Bertz CT molecular complexity index is 524. The summed E-state index contributed by atoms with van der Waals surface area (Å²) in [5, 5.41) is 6.73. The van der Waals surface area contributed by atoms with Crippen molar-refractivity contribution >= 4 is 11.6 Å². The maximum atomic E-state index is 5.96. The number of hydrogen-bond donors (Lipinski definition) is 2. The molecule has 0 unspecified atom stereocenters. The van der Waals surface area contributed by atoms with Crippen molar-refractivity contribution in [1.82, 2.24) is 10.6 Å². The first-order chi connectivity index (χ1) is 12.2. The van der Waals surface area contributed by atoms with Crippen molar-refractivity contribution in [3.8, 4) is 0 Å². The zero-order valence-electron chi connectivity index (χ0n) is 16.1. The van der Waals surface area contributed by atoms with Crippen LogP contribution >= 0.6 is 0 Å². The molecule has 1 fully saturated rings. The molecule has 0 radical (unpaired) electrons. The Morgan fingerprint density at radius 2 is 2.00 bits per heavy atom. The minimum absolute atomic E-state index is 0.496. The van der Waals surface area contributed by atoms with Gasteiger partial charge >= 0.3 is 0 Å². The van der Waals surface area contributed by atoms with Crippen molar-refractivity contribution in [3.05, 3.63) is 29.8 Å². The number of anilines is 1. The lowest BCUT2D eigenvalue weighted by Crippen LogP contribution is -2.37. The van der Waals surface area contributed by atoms with Crippen molar-refractivity contribution in [2.45, 2.75) is 51.2 Å². The minimum Gasteiger partial charge on any atom is -0.378 e. The second-order valence-electron chi connectivity index (χ2n) is 6.90. The lowest BCUT2D eigenvalue weighted by Gasteiger charge is -2.22. The molecule has 25 heavy (non-hydrogen) atoms. The molecule has 1 aromatic carbocycles. The van der Waals surface area contributed by atoms with Gasteiger partial charge in [0.1, 0.15) is 0 Å². The predicted molar refractivity (Wildman–Crippen MR) is 106 cm³/mol. The van der Waals surface area contributed by atoms with Crippen molar-refractivity contribution in [2.75, 3.05) is 39.2 Å². The third kappa shape index (κ3) is 7.34. The van der Waals surface area contributed by atoms with Crippen LogP contribution in [0.5, 0.6) is 0 Å². The lowest BCUT2D eigenvalue weighted by atomic mass is 9.98. The number of nitrogens with one attached hydrogen (secondary N) is 2. The van der Waals surface area contributed by atoms with E-state index in [0.717, 1.165) is 32.1 Å². The Kier molecular flexibility index (Phi) is 8.60. The van der Waals surface area contributed by atoms with E-state index in [-0.39, 0.29) is 0 Å². The lowest BCUT2D eigenvalue weighted by molar-refractivity contribution is 0.0277. The second kappa shape index (κ2) is 11.0. The smallest absolute Gasteiger partial charge is 0.191 e. The van der Waals surface area contributed by atoms with E-state index in [0.29, 0.717) is 6.10 Å². The van der Waals surface area contributed by atoms with E-state index in [1.165, 1.54) is 43.4 Å². The van der Waals surface area contributed by atoms with Crippen LogP contribution in [0.1, 0.15) is 44.1 Å². The summed E-state index contributed by atoms with van der Waals surface area (Å²) in [5.74, 6) is 0.841. The average molecular weight is 347 g/mol. The SMILES string of the molecule is CN=C(NCCCOC1CCCCC1)NCc1cccc(N(C)C)c1. The predicted octanol–water partition coefficient (Wildman–Crippen LogP) is 3.16. The van der Waals surface area contributed by atoms with Gasteiger partial charge in [0.05, 0.1) is 6.10 Å². The molecule has 0 bridgehead atoms. The van der Waals surface area contributed by atoms with Gasteiger partial charge in [-0.05, 0) is 37.0 Å². The van der Waals surface area contributed by atoms with Crippen molar-refractivity contribution in [1.29, 1.82) is 0 Å². The fourth-order valence-electron chi connectivity index (χ4n) is 3.11. The molecule has 1 aliphatic carbocycles. The van der Waals surface area contributed by atoms with E-state index in [1.54, 1.807) is 0 Å². The first kappa shape index (κ1) is 19.6. The fourth-order valence-corrected chi connectivity index (χ4v) is 3.11. The van der Waals surface area contributed by atoms with Crippen LogP contribution in [0.25, 0.3) is 0 Å². The molecule has 0 spiro atoms. The molecule has 5 nitrogen and oxygen atoms in total. The third-order valence-electron chi connectivity index (χ3n) is 4.63. The van der Waals surface area contributed by atoms with Gasteiger partial charge in [0.15, 0.2) is 5.96 Å². The maximum Gasteiger partial charge on any atom is 0.191 e. The molecule has 2 N–H and O–H groups in total. The van der Waals surface area contributed by atoms with Crippen LogP contribution in [0.2, 0.25) is 0 Å². The molecule has 0 amide bonds. The molecule has 0 heterocycles. The molecule has 2 rings (SSSR count). The van der Waals surface area contributed by atoms with Crippen molar-refractivity contribution < 1.29 is 4.74 Å². The molecular weight excluding hydrogens is 312 g/mol. The average Bonchev–Trinajstić information content (AvgIpc) is 2.65. The van der Waals surface area contributed by atoms with Gasteiger partial charge in [-0.25, -0.2) is 0 Å². The number of guanidine groups is 1. The highest BCUT2D eigenvalue weighted by Crippen LogP contribution is 2.20. The largest absolute Gasteiger partial charge is 0.378 e. The normalized spacial score (nSPS) is 15.9. The van der Waals surface area contributed by atoms with Gasteiger partial charge in [0.25, 0.3) is 0 Å². The van der Waals surface area contributed by atoms with Crippen molar-refractivity contribution in [3.63, 3.8) is 0 Å². The van der Waals surface area contributed by atoms with Crippen molar-refractivity contribution in [2.24, 2.45) is 4.99 Å². The maximum absolute atomic E-state index is 5.96. The zero-order chi connectivity index (χ0) is 17.9. The van der Waals surface area contributed by atoms with Gasteiger partial charge in [-0.2, -0.15) is 0 Å². The number of nitrogens with zero attached hydrogens (tertiary/aromatic N) is 2. The summed E-state index contributed by atoms with van der Waals surface area (Å²) >= 11 is 0. The summed E-state index contributed by atoms with van der Waals surface area (Å²) in [5.41, 5.74) is 2.46. The van der Waals surface area contributed by atoms with Crippen LogP contribution in [0.15, 0.2) is 29.3 Å². The molecule has 0 aliphatic heterocycles. The van der Waals surface area contributed by atoms with Gasteiger partial charge in [-0.15, -0.1) is 0 Å². The zero-order valence-corrected chi connectivity index (χ0v) is 16.1. The minimum atomic E-state index is 0.496. The highest BCUT2D eigenvalue weighted by molar-refractivity contribution is 5.79. The summed E-state index contributed by atoms with van der Waals surface area (Å²) in [4.78, 5) is 6.41. The van der Waals surface area contributed by atoms with E-state index in [4.69, 9.17) is 4.74 Å². The standard InChI is InChI=1S/C20H34N4O/c1-21-20(22-13-8-14-25-19-11-5-4-6-12-19)23-16-17-9-7-10-18(15-17)24(2)3/h7,9-10,15,19H,4-6,8,11-14,16H2,1-3H3,(H2,21,22,23). The van der Waals surface area contributed by atoms with Gasteiger partial charge in [-0.1, -0.05) is 31.4 Å².